The van der Waals surface area contributed by atoms with Crippen LogP contribution in [0.25, 0.3) is 0 Å². The molecule has 3 heteroatoms. The summed E-state index contributed by atoms with van der Waals surface area (Å²) in [6, 6.07) is 17.0. The number of para-hydroxylation sites is 3. The molecule has 2 aliphatic heterocycles. The Balaban J connectivity index is 1.53. The summed E-state index contributed by atoms with van der Waals surface area (Å²) in [5.74, 6) is 1.06. The summed E-state index contributed by atoms with van der Waals surface area (Å²) in [4.78, 5) is 2.46. The molecule has 2 aromatic rings. The Bertz CT molecular complexity index is 616. The lowest BCUT2D eigenvalue weighted by Crippen LogP contribution is -2.35. The molecule has 0 radical (unpaired) electrons. The fourth-order valence-corrected chi connectivity index (χ4v) is 3.30. The smallest absolute Gasteiger partial charge is 0.123 e. The van der Waals surface area contributed by atoms with Gasteiger partial charge in [0, 0.05) is 19.5 Å². The minimum atomic E-state index is 0.258. The number of rotatable bonds is 2. The highest BCUT2D eigenvalue weighted by atomic mass is 16.5. The molecule has 0 spiro atoms. The number of ether oxygens (including phenoxy) is 1. The van der Waals surface area contributed by atoms with Gasteiger partial charge in [0.2, 0.25) is 0 Å². The molecule has 108 valence electrons. The second-order valence-electron chi connectivity index (χ2n) is 5.80. The highest BCUT2D eigenvalue weighted by molar-refractivity contribution is 5.70. The summed E-state index contributed by atoms with van der Waals surface area (Å²) in [6.45, 7) is 3.08. The molecule has 0 saturated carbocycles. The quantitative estimate of drug-likeness (QED) is 0.913. The van der Waals surface area contributed by atoms with Gasteiger partial charge in [-0.15, -0.1) is 0 Å². The molecule has 1 unspecified atom stereocenters. The van der Waals surface area contributed by atoms with Gasteiger partial charge in [-0.3, -0.25) is 0 Å². The zero-order valence-electron chi connectivity index (χ0n) is 12.1. The van der Waals surface area contributed by atoms with Gasteiger partial charge in [-0.1, -0.05) is 30.3 Å². The largest absolute Gasteiger partial charge is 0.488 e. The van der Waals surface area contributed by atoms with Crippen molar-refractivity contribution >= 4 is 11.4 Å². The molecule has 21 heavy (non-hydrogen) atoms. The van der Waals surface area contributed by atoms with Crippen LogP contribution in [0, 0.1) is 0 Å². The number of fused-ring (bicyclic) bond motifs is 2. The summed E-state index contributed by atoms with van der Waals surface area (Å²) in [5, 5.41) is 3.51. The van der Waals surface area contributed by atoms with Crippen molar-refractivity contribution in [3.8, 4) is 5.75 Å². The second-order valence-corrected chi connectivity index (χ2v) is 5.80. The molecule has 4 rings (SSSR count). The Kier molecular flexibility index (Phi) is 3.18. The summed E-state index contributed by atoms with van der Waals surface area (Å²) >= 11 is 0. The van der Waals surface area contributed by atoms with Gasteiger partial charge in [0.1, 0.15) is 11.9 Å². The lowest BCUT2D eigenvalue weighted by molar-refractivity contribution is 0.237. The van der Waals surface area contributed by atoms with Crippen LogP contribution >= 0.6 is 0 Å². The Morgan fingerprint density at radius 1 is 1.10 bits per heavy atom. The van der Waals surface area contributed by atoms with Gasteiger partial charge < -0.3 is 15.0 Å². The number of nitrogens with zero attached hydrogens (tertiary/aromatic N) is 1. The molecule has 2 heterocycles. The van der Waals surface area contributed by atoms with E-state index in [1.54, 1.807) is 0 Å². The standard InChI is InChI=1S/C18H20N2O/c1-4-9-18-14(6-1)12-15(21-18)13-20-11-5-10-19-16-7-2-3-8-17(16)20/h1-4,6-9,15,19H,5,10-13H2. The summed E-state index contributed by atoms with van der Waals surface area (Å²) < 4.78 is 6.10. The zero-order valence-corrected chi connectivity index (χ0v) is 12.1. The van der Waals surface area contributed by atoms with Crippen molar-refractivity contribution in [1.29, 1.82) is 0 Å². The Labute approximate surface area is 125 Å². The maximum atomic E-state index is 6.10. The average Bonchev–Trinajstić information content (AvgIpc) is 2.82. The maximum Gasteiger partial charge on any atom is 0.123 e. The highest BCUT2D eigenvalue weighted by Gasteiger charge is 2.26. The third-order valence-corrected chi connectivity index (χ3v) is 4.30. The molecule has 2 aromatic carbocycles. The van der Waals surface area contributed by atoms with Crippen LogP contribution in [0.4, 0.5) is 11.4 Å². The molecule has 1 atom stereocenters. The predicted molar refractivity (Wildman–Crippen MR) is 86.3 cm³/mol. The molecular formula is C18H20N2O. The Hall–Kier alpha value is -2.16. The van der Waals surface area contributed by atoms with Gasteiger partial charge in [-0.25, -0.2) is 0 Å². The van der Waals surface area contributed by atoms with Crippen LogP contribution in [0.15, 0.2) is 48.5 Å². The van der Waals surface area contributed by atoms with E-state index in [1.807, 2.05) is 6.07 Å². The summed E-state index contributed by atoms with van der Waals surface area (Å²) in [7, 11) is 0. The lowest BCUT2D eigenvalue weighted by Gasteiger charge is -2.27. The van der Waals surface area contributed by atoms with Gasteiger partial charge in [0.25, 0.3) is 0 Å². The first-order chi connectivity index (χ1) is 10.4. The molecule has 3 nitrogen and oxygen atoms in total. The van der Waals surface area contributed by atoms with Gasteiger partial charge in [-0.05, 0) is 30.2 Å². The van der Waals surface area contributed by atoms with Crippen molar-refractivity contribution in [3.05, 3.63) is 54.1 Å². The van der Waals surface area contributed by atoms with E-state index in [4.69, 9.17) is 4.74 Å². The minimum absolute atomic E-state index is 0.258. The fraction of sp³-hybridized carbons (Fsp3) is 0.333. The van der Waals surface area contributed by atoms with E-state index in [0.29, 0.717) is 0 Å². The van der Waals surface area contributed by atoms with Crippen LogP contribution in [0.5, 0.6) is 5.75 Å². The van der Waals surface area contributed by atoms with Gasteiger partial charge in [-0.2, -0.15) is 0 Å². The van der Waals surface area contributed by atoms with E-state index >= 15 is 0 Å². The number of anilines is 2. The number of hydrogen-bond donors (Lipinski definition) is 1. The Morgan fingerprint density at radius 2 is 1.95 bits per heavy atom. The van der Waals surface area contributed by atoms with E-state index < -0.39 is 0 Å². The second kappa shape index (κ2) is 5.32. The number of benzene rings is 2. The first kappa shape index (κ1) is 12.6. The van der Waals surface area contributed by atoms with Crippen molar-refractivity contribution < 1.29 is 4.74 Å². The predicted octanol–water partition coefficient (Wildman–Crippen LogP) is 3.31. The van der Waals surface area contributed by atoms with Crippen LogP contribution < -0.4 is 15.0 Å². The monoisotopic (exact) mass is 280 g/mol. The number of nitrogens with one attached hydrogen (secondary N) is 1. The van der Waals surface area contributed by atoms with Crippen molar-refractivity contribution in [2.24, 2.45) is 0 Å². The van der Waals surface area contributed by atoms with Crippen molar-refractivity contribution in [1.82, 2.24) is 0 Å². The molecule has 0 bridgehead atoms. The normalized spacial score (nSPS) is 20.0. The number of hydrogen-bond acceptors (Lipinski definition) is 3. The molecule has 1 N–H and O–H groups in total. The SMILES string of the molecule is c1ccc2c(c1)CC(CN1CCCNc3ccccc31)O2. The molecule has 0 amide bonds. The van der Waals surface area contributed by atoms with Crippen molar-refractivity contribution in [2.45, 2.75) is 18.9 Å². The molecule has 2 aliphatic rings. The summed E-state index contributed by atoms with van der Waals surface area (Å²) in [5.41, 5.74) is 3.88. The minimum Gasteiger partial charge on any atom is -0.488 e. The highest BCUT2D eigenvalue weighted by Crippen LogP contribution is 2.32. The van der Waals surface area contributed by atoms with Crippen LogP contribution in [-0.4, -0.2) is 25.7 Å². The van der Waals surface area contributed by atoms with E-state index in [1.165, 1.54) is 16.9 Å². The van der Waals surface area contributed by atoms with Crippen LogP contribution in [0.1, 0.15) is 12.0 Å². The first-order valence-corrected chi connectivity index (χ1v) is 7.72. The third kappa shape index (κ3) is 2.44. The molecule has 0 fully saturated rings. The molecular weight excluding hydrogens is 260 g/mol. The fourth-order valence-electron chi connectivity index (χ4n) is 3.30. The van der Waals surface area contributed by atoms with E-state index in [2.05, 4.69) is 52.7 Å². The third-order valence-electron chi connectivity index (χ3n) is 4.30. The van der Waals surface area contributed by atoms with Gasteiger partial charge in [0.15, 0.2) is 0 Å². The van der Waals surface area contributed by atoms with Crippen molar-refractivity contribution in [3.63, 3.8) is 0 Å². The van der Waals surface area contributed by atoms with Gasteiger partial charge >= 0.3 is 0 Å². The molecule has 0 saturated heterocycles. The van der Waals surface area contributed by atoms with E-state index in [9.17, 15) is 0 Å². The maximum absolute atomic E-state index is 6.10. The molecule has 0 aliphatic carbocycles. The Morgan fingerprint density at radius 3 is 2.90 bits per heavy atom. The average molecular weight is 280 g/mol. The zero-order chi connectivity index (χ0) is 14.1. The van der Waals surface area contributed by atoms with Crippen LogP contribution in [0.3, 0.4) is 0 Å². The molecule has 0 aromatic heterocycles. The first-order valence-electron chi connectivity index (χ1n) is 7.72. The van der Waals surface area contributed by atoms with E-state index in [0.717, 1.165) is 38.2 Å². The van der Waals surface area contributed by atoms with Gasteiger partial charge in [0.05, 0.1) is 17.9 Å². The topological polar surface area (TPSA) is 24.5 Å². The van der Waals surface area contributed by atoms with E-state index in [-0.39, 0.29) is 6.10 Å². The van der Waals surface area contributed by atoms with Crippen molar-refractivity contribution in [2.75, 3.05) is 29.9 Å². The summed E-state index contributed by atoms with van der Waals surface area (Å²) in [6.07, 6.45) is 2.44. The van der Waals surface area contributed by atoms with Crippen LogP contribution in [0.2, 0.25) is 0 Å². The van der Waals surface area contributed by atoms with Crippen LogP contribution in [-0.2, 0) is 6.42 Å². The lowest BCUT2D eigenvalue weighted by atomic mass is 10.1.